The first-order chi connectivity index (χ1) is 7.53. The zero-order chi connectivity index (χ0) is 12.0. The number of nitrogens with zero attached hydrogens (tertiary/aromatic N) is 1. The highest BCUT2D eigenvalue weighted by molar-refractivity contribution is 7.86. The molecular weight excluding hydrogens is 230 g/mol. The second-order valence-corrected chi connectivity index (χ2v) is 4.95. The lowest BCUT2D eigenvalue weighted by molar-refractivity contribution is -0.110. The molecule has 0 unspecified atom stereocenters. The molecule has 0 N–H and O–H groups in total. The number of rotatable bonds is 5. The molecule has 0 spiro atoms. The molecule has 6 heteroatoms. The molecule has 0 aromatic rings. The van der Waals surface area contributed by atoms with Crippen molar-refractivity contribution in [2.75, 3.05) is 5.75 Å². The van der Waals surface area contributed by atoms with Crippen LogP contribution in [0, 0.1) is 0 Å². The largest absolute Gasteiger partial charge is 0.328 e. The van der Waals surface area contributed by atoms with E-state index in [0.717, 1.165) is 6.42 Å². The van der Waals surface area contributed by atoms with E-state index in [2.05, 4.69) is 9.44 Å². The summed E-state index contributed by atoms with van der Waals surface area (Å²) in [4.78, 5) is 10.8. The van der Waals surface area contributed by atoms with Gasteiger partial charge in [0.25, 0.3) is 0 Å². The van der Waals surface area contributed by atoms with Gasteiger partial charge in [-0.1, -0.05) is 18.5 Å². The number of oxime groups is 1. The average molecular weight is 243 g/mol. The van der Waals surface area contributed by atoms with E-state index >= 15 is 0 Å². The molecule has 1 aliphatic carbocycles. The Morgan fingerprint density at radius 3 is 2.44 bits per heavy atom. The minimum absolute atomic E-state index is 0.0490. The number of carbonyl (C=O) groups is 1. The molecule has 1 aliphatic rings. The molecule has 16 heavy (non-hydrogen) atoms. The van der Waals surface area contributed by atoms with Crippen molar-refractivity contribution in [1.29, 1.82) is 0 Å². The van der Waals surface area contributed by atoms with Crippen molar-refractivity contribution in [3.8, 4) is 0 Å². The van der Waals surface area contributed by atoms with Gasteiger partial charge in [-0.2, -0.15) is 8.42 Å². The quantitative estimate of drug-likeness (QED) is 0.537. The Morgan fingerprint density at radius 1 is 1.25 bits per heavy atom. The van der Waals surface area contributed by atoms with Crippen LogP contribution in [0.5, 0.6) is 0 Å². The number of ketones is 1. The van der Waals surface area contributed by atoms with Gasteiger partial charge >= 0.3 is 10.1 Å². The SMILES string of the molecule is CCCCS(=O)(=O)ON=C1C=CC(=O)C=C1. The number of hydrogen-bond donors (Lipinski definition) is 0. The number of allylic oxidation sites excluding steroid dienone is 4. The van der Waals surface area contributed by atoms with Crippen molar-refractivity contribution in [1.82, 2.24) is 0 Å². The minimum atomic E-state index is -3.60. The highest BCUT2D eigenvalue weighted by atomic mass is 32.2. The molecule has 0 bridgehead atoms. The summed E-state index contributed by atoms with van der Waals surface area (Å²) < 4.78 is 27.0. The molecule has 1 rings (SSSR count). The standard InChI is InChI=1S/C10H13NO4S/c1-2-3-8-16(13,14)15-11-9-4-6-10(12)7-5-9/h4-7H,2-3,8H2,1H3. The van der Waals surface area contributed by atoms with Gasteiger partial charge in [0, 0.05) is 0 Å². The van der Waals surface area contributed by atoms with Crippen molar-refractivity contribution in [2.45, 2.75) is 19.8 Å². The average Bonchev–Trinajstić information content (AvgIpc) is 2.26. The lowest BCUT2D eigenvalue weighted by Gasteiger charge is -2.01. The topological polar surface area (TPSA) is 72.8 Å². The van der Waals surface area contributed by atoms with Gasteiger partial charge in [-0.15, -0.1) is 0 Å². The van der Waals surface area contributed by atoms with Gasteiger partial charge in [-0.3, -0.25) is 9.08 Å². The van der Waals surface area contributed by atoms with Crippen molar-refractivity contribution < 1.29 is 17.5 Å². The molecule has 0 heterocycles. The van der Waals surface area contributed by atoms with Crippen LogP contribution < -0.4 is 0 Å². The Hall–Kier alpha value is -1.43. The first-order valence-corrected chi connectivity index (χ1v) is 6.50. The minimum Gasteiger partial charge on any atom is -0.290 e. The van der Waals surface area contributed by atoms with Crippen molar-refractivity contribution in [3.05, 3.63) is 24.3 Å². The van der Waals surface area contributed by atoms with Crippen LogP contribution in [0.4, 0.5) is 0 Å². The van der Waals surface area contributed by atoms with Crippen LogP contribution >= 0.6 is 0 Å². The molecule has 5 nitrogen and oxygen atoms in total. The van der Waals surface area contributed by atoms with Crippen molar-refractivity contribution in [2.24, 2.45) is 5.16 Å². The molecule has 88 valence electrons. The Morgan fingerprint density at radius 2 is 1.88 bits per heavy atom. The van der Waals surface area contributed by atoms with E-state index in [1.165, 1.54) is 24.3 Å². The van der Waals surface area contributed by atoms with E-state index in [4.69, 9.17) is 0 Å². The van der Waals surface area contributed by atoms with E-state index in [9.17, 15) is 13.2 Å². The summed E-state index contributed by atoms with van der Waals surface area (Å²) >= 11 is 0. The smallest absolute Gasteiger partial charge is 0.290 e. The number of unbranched alkanes of at least 4 members (excludes halogenated alkanes) is 1. The van der Waals surface area contributed by atoms with E-state index in [1.54, 1.807) is 0 Å². The molecule has 0 aromatic heterocycles. The lowest BCUT2D eigenvalue weighted by atomic mass is 10.2. The van der Waals surface area contributed by atoms with Crippen LogP contribution in [0.2, 0.25) is 0 Å². The van der Waals surface area contributed by atoms with Gasteiger partial charge in [0.15, 0.2) is 5.78 Å². The Labute approximate surface area is 94.6 Å². The van der Waals surface area contributed by atoms with Gasteiger partial charge in [-0.25, -0.2) is 0 Å². The molecule has 0 aliphatic heterocycles. The fourth-order valence-electron chi connectivity index (χ4n) is 0.965. The summed E-state index contributed by atoms with van der Waals surface area (Å²) in [5.74, 6) is -0.208. The van der Waals surface area contributed by atoms with Gasteiger partial charge in [0.05, 0.1) is 5.75 Å². The Kier molecular flexibility index (Phi) is 4.42. The normalized spacial score (nSPS) is 15.3. The van der Waals surface area contributed by atoms with Gasteiger partial charge in [-0.05, 0) is 30.7 Å². The zero-order valence-corrected chi connectivity index (χ0v) is 9.74. The second-order valence-electron chi connectivity index (χ2n) is 3.28. The highest BCUT2D eigenvalue weighted by Crippen LogP contribution is 2.02. The summed E-state index contributed by atoms with van der Waals surface area (Å²) in [5, 5.41) is 3.45. The first-order valence-electron chi connectivity index (χ1n) is 4.93. The summed E-state index contributed by atoms with van der Waals surface area (Å²) in [6.45, 7) is 1.89. The predicted molar refractivity (Wildman–Crippen MR) is 60.5 cm³/mol. The summed E-state index contributed by atoms with van der Waals surface area (Å²) in [6, 6.07) is 0. The molecule has 0 amide bonds. The molecule has 0 fully saturated rings. The molecule has 0 saturated heterocycles. The predicted octanol–water partition coefficient (Wildman–Crippen LogP) is 1.18. The maximum absolute atomic E-state index is 11.3. The molecular formula is C10H13NO4S. The monoisotopic (exact) mass is 243 g/mol. The summed E-state index contributed by atoms with van der Waals surface area (Å²) in [6.07, 6.45) is 6.70. The van der Waals surface area contributed by atoms with Crippen LogP contribution in [0.3, 0.4) is 0 Å². The van der Waals surface area contributed by atoms with Crippen molar-refractivity contribution >= 4 is 21.6 Å². The van der Waals surface area contributed by atoms with Crippen LogP contribution in [0.25, 0.3) is 0 Å². The van der Waals surface area contributed by atoms with Crippen LogP contribution in [-0.2, 0) is 19.2 Å². The third-order valence-electron chi connectivity index (χ3n) is 1.84. The van der Waals surface area contributed by atoms with Crippen LogP contribution in [0.15, 0.2) is 29.5 Å². The van der Waals surface area contributed by atoms with Crippen LogP contribution in [-0.4, -0.2) is 25.7 Å². The fourth-order valence-corrected chi connectivity index (χ4v) is 1.88. The van der Waals surface area contributed by atoms with E-state index in [-0.39, 0.29) is 11.5 Å². The first kappa shape index (κ1) is 12.6. The number of hydrogen-bond acceptors (Lipinski definition) is 5. The highest BCUT2D eigenvalue weighted by Gasteiger charge is 2.10. The Balaban J connectivity index is 2.57. The third kappa shape index (κ3) is 4.39. The molecule has 0 radical (unpaired) electrons. The lowest BCUT2D eigenvalue weighted by Crippen LogP contribution is -2.09. The molecule has 0 aromatic carbocycles. The maximum atomic E-state index is 11.3. The fraction of sp³-hybridized carbons (Fsp3) is 0.400. The summed E-state index contributed by atoms with van der Waals surface area (Å²) in [5.41, 5.74) is 0.305. The van der Waals surface area contributed by atoms with E-state index < -0.39 is 10.1 Å². The Bertz CT molecular complexity index is 427. The summed E-state index contributed by atoms with van der Waals surface area (Å²) in [7, 11) is -3.60. The molecule has 0 atom stereocenters. The maximum Gasteiger partial charge on any atom is 0.328 e. The van der Waals surface area contributed by atoms with E-state index in [0.29, 0.717) is 12.1 Å². The zero-order valence-electron chi connectivity index (χ0n) is 8.92. The van der Waals surface area contributed by atoms with E-state index in [1.807, 2.05) is 6.92 Å². The van der Waals surface area contributed by atoms with Gasteiger partial charge < -0.3 is 0 Å². The van der Waals surface area contributed by atoms with Crippen molar-refractivity contribution in [3.63, 3.8) is 0 Å². The van der Waals surface area contributed by atoms with Gasteiger partial charge in [0.1, 0.15) is 5.71 Å². The van der Waals surface area contributed by atoms with Gasteiger partial charge in [0.2, 0.25) is 0 Å². The molecule has 0 saturated carbocycles. The number of carbonyl (C=O) groups excluding carboxylic acids is 1. The van der Waals surface area contributed by atoms with Crippen LogP contribution in [0.1, 0.15) is 19.8 Å². The second kappa shape index (κ2) is 5.60. The third-order valence-corrected chi connectivity index (χ3v) is 2.93.